The van der Waals surface area contributed by atoms with E-state index in [4.69, 9.17) is 4.42 Å². The van der Waals surface area contributed by atoms with Crippen LogP contribution < -0.4 is 0 Å². The maximum Gasteiger partial charge on any atom is 0.213 e. The first-order chi connectivity index (χ1) is 23.8. The van der Waals surface area contributed by atoms with Crippen LogP contribution >= 0.6 is 11.3 Å². The third-order valence-electron chi connectivity index (χ3n) is 9.93. The molecule has 11 rings (SSSR count). The average Bonchev–Trinajstić information content (AvgIpc) is 3.88. The van der Waals surface area contributed by atoms with Crippen LogP contribution in [-0.4, -0.2) is 9.13 Å². The monoisotopic (exact) mass is 630 g/mol. The van der Waals surface area contributed by atoms with Gasteiger partial charge in [-0.3, -0.25) is 4.57 Å². The molecule has 4 aromatic heterocycles. The maximum atomic E-state index is 6.90. The van der Waals surface area contributed by atoms with Gasteiger partial charge >= 0.3 is 0 Å². The van der Waals surface area contributed by atoms with Crippen LogP contribution in [0.25, 0.3) is 97.5 Å². The Morgan fingerprint density at radius 2 is 1.02 bits per heavy atom. The summed E-state index contributed by atoms with van der Waals surface area (Å²) in [5.74, 6) is 0. The highest BCUT2D eigenvalue weighted by molar-refractivity contribution is 7.25. The number of rotatable bonds is 3. The van der Waals surface area contributed by atoms with E-state index in [0.29, 0.717) is 0 Å². The van der Waals surface area contributed by atoms with Gasteiger partial charge in [0, 0.05) is 58.7 Å². The van der Waals surface area contributed by atoms with Gasteiger partial charge in [-0.25, -0.2) is 0 Å². The minimum atomic E-state index is 0.878. The van der Waals surface area contributed by atoms with E-state index in [-0.39, 0.29) is 0 Å². The highest BCUT2D eigenvalue weighted by Crippen LogP contribution is 2.44. The second kappa shape index (κ2) is 9.71. The summed E-state index contributed by atoms with van der Waals surface area (Å²) in [4.78, 5) is 0. The number of thiophene rings is 1. The van der Waals surface area contributed by atoms with E-state index in [1.54, 1.807) is 0 Å². The zero-order valence-electron chi connectivity index (χ0n) is 25.7. The molecule has 48 heavy (non-hydrogen) atoms. The molecule has 7 aromatic carbocycles. The van der Waals surface area contributed by atoms with Gasteiger partial charge < -0.3 is 8.98 Å². The van der Waals surface area contributed by atoms with E-state index in [1.807, 2.05) is 11.3 Å². The fourth-order valence-electron chi connectivity index (χ4n) is 7.85. The predicted molar refractivity (Wildman–Crippen MR) is 203 cm³/mol. The lowest BCUT2D eigenvalue weighted by molar-refractivity contribution is 0.646. The van der Waals surface area contributed by atoms with Crippen LogP contribution in [0.1, 0.15) is 0 Å². The summed E-state index contributed by atoms with van der Waals surface area (Å²) in [5, 5.41) is 8.58. The molecule has 4 heterocycles. The van der Waals surface area contributed by atoms with E-state index >= 15 is 0 Å². The van der Waals surface area contributed by atoms with Crippen molar-refractivity contribution >= 4 is 86.3 Å². The molecule has 0 saturated carbocycles. The van der Waals surface area contributed by atoms with Gasteiger partial charge in [-0.15, -0.1) is 11.3 Å². The number of hydrogen-bond acceptors (Lipinski definition) is 2. The van der Waals surface area contributed by atoms with Crippen molar-refractivity contribution < 1.29 is 4.42 Å². The molecule has 224 valence electrons. The molecule has 0 aliphatic carbocycles. The van der Waals surface area contributed by atoms with Gasteiger partial charge in [0.1, 0.15) is 5.58 Å². The third kappa shape index (κ3) is 3.52. The van der Waals surface area contributed by atoms with Crippen molar-refractivity contribution in [1.82, 2.24) is 9.13 Å². The fraction of sp³-hybridized carbons (Fsp3) is 0. The Bertz CT molecular complexity index is 3010. The summed E-state index contributed by atoms with van der Waals surface area (Å²) in [5.41, 5.74) is 9.92. The number of fused-ring (bicyclic) bond motifs is 11. The number of hydrogen-bond donors (Lipinski definition) is 0. The van der Waals surface area contributed by atoms with Gasteiger partial charge in [0.2, 0.25) is 5.71 Å². The largest absolute Gasteiger partial charge is 0.438 e. The van der Waals surface area contributed by atoms with Crippen molar-refractivity contribution in [3.63, 3.8) is 0 Å². The molecule has 11 aromatic rings. The minimum Gasteiger partial charge on any atom is -0.438 e. The van der Waals surface area contributed by atoms with Crippen LogP contribution in [0.2, 0.25) is 0 Å². The minimum absolute atomic E-state index is 0.878. The molecule has 3 nitrogen and oxygen atoms in total. The van der Waals surface area contributed by atoms with Crippen LogP contribution in [0, 0.1) is 0 Å². The third-order valence-corrected chi connectivity index (χ3v) is 11.1. The standard InChI is InChI=1S/C44H26N2OS/c1-2-11-28(12-3-1)46-39-20-9-6-15-33(39)42-34-17-10-16-30(43(34)47-44(42)46)27-21-23-40-35(25-27)36-26-29(22-24-41(36)48-40)45-37-18-7-4-13-31(37)32-14-5-8-19-38(32)45/h1-26H. The summed E-state index contributed by atoms with van der Waals surface area (Å²) in [7, 11) is 0. The molecule has 0 radical (unpaired) electrons. The van der Waals surface area contributed by atoms with Gasteiger partial charge in [0.25, 0.3) is 0 Å². The Kier molecular flexibility index (Phi) is 5.26. The van der Waals surface area contributed by atoms with Crippen LogP contribution in [0.3, 0.4) is 0 Å². The summed E-state index contributed by atoms with van der Waals surface area (Å²) < 4.78 is 14.1. The summed E-state index contributed by atoms with van der Waals surface area (Å²) in [6.07, 6.45) is 0. The molecular formula is C44H26N2OS. The normalized spacial score (nSPS) is 12.2. The zero-order valence-corrected chi connectivity index (χ0v) is 26.5. The quantitative estimate of drug-likeness (QED) is 0.190. The van der Waals surface area contributed by atoms with Gasteiger partial charge in [-0.1, -0.05) is 97.1 Å². The molecule has 0 aliphatic heterocycles. The molecule has 0 spiro atoms. The van der Waals surface area contributed by atoms with Crippen LogP contribution in [-0.2, 0) is 0 Å². The number of para-hydroxylation sites is 5. The van der Waals surface area contributed by atoms with E-state index in [2.05, 4.69) is 167 Å². The van der Waals surface area contributed by atoms with Gasteiger partial charge in [0.15, 0.2) is 0 Å². The van der Waals surface area contributed by atoms with Crippen molar-refractivity contribution in [3.8, 4) is 22.5 Å². The molecule has 0 fully saturated rings. The maximum absolute atomic E-state index is 6.90. The number of nitrogens with zero attached hydrogens (tertiary/aromatic N) is 2. The van der Waals surface area contributed by atoms with Gasteiger partial charge in [-0.2, -0.15) is 0 Å². The summed E-state index contributed by atoms with van der Waals surface area (Å²) in [6, 6.07) is 56.9. The lowest BCUT2D eigenvalue weighted by Gasteiger charge is -2.08. The van der Waals surface area contributed by atoms with Gasteiger partial charge in [0.05, 0.1) is 21.9 Å². The van der Waals surface area contributed by atoms with E-state index in [9.17, 15) is 0 Å². The molecule has 0 atom stereocenters. The Labute approximate surface area is 279 Å². The molecule has 0 amide bonds. The van der Waals surface area contributed by atoms with Gasteiger partial charge in [-0.05, 0) is 66.2 Å². The highest BCUT2D eigenvalue weighted by atomic mass is 32.1. The smallest absolute Gasteiger partial charge is 0.213 e. The lowest BCUT2D eigenvalue weighted by Crippen LogP contribution is -1.93. The average molecular weight is 631 g/mol. The van der Waals surface area contributed by atoms with Crippen molar-refractivity contribution in [3.05, 3.63) is 158 Å². The molecule has 0 bridgehead atoms. The first kappa shape index (κ1) is 26.0. The topological polar surface area (TPSA) is 23.0 Å². The number of benzene rings is 7. The predicted octanol–water partition coefficient (Wildman–Crippen LogP) is 12.7. The van der Waals surface area contributed by atoms with E-state index in [0.717, 1.165) is 44.4 Å². The van der Waals surface area contributed by atoms with Crippen molar-refractivity contribution in [2.24, 2.45) is 0 Å². The van der Waals surface area contributed by atoms with Crippen LogP contribution in [0.15, 0.2) is 162 Å². The number of furan rings is 1. The second-order valence-electron chi connectivity index (χ2n) is 12.5. The van der Waals surface area contributed by atoms with E-state index < -0.39 is 0 Å². The molecule has 0 unspecified atom stereocenters. The summed E-state index contributed by atoms with van der Waals surface area (Å²) >= 11 is 1.85. The zero-order chi connectivity index (χ0) is 31.3. The molecule has 0 aliphatic rings. The summed E-state index contributed by atoms with van der Waals surface area (Å²) in [6.45, 7) is 0. The first-order valence-electron chi connectivity index (χ1n) is 16.3. The van der Waals surface area contributed by atoms with Crippen LogP contribution in [0.5, 0.6) is 0 Å². The highest BCUT2D eigenvalue weighted by Gasteiger charge is 2.21. The Balaban J connectivity index is 1.14. The van der Waals surface area contributed by atoms with E-state index in [1.165, 1.54) is 53.1 Å². The molecule has 0 N–H and O–H groups in total. The fourth-order valence-corrected chi connectivity index (χ4v) is 8.91. The Morgan fingerprint density at radius 3 is 1.77 bits per heavy atom. The molecule has 4 heteroatoms. The van der Waals surface area contributed by atoms with Crippen molar-refractivity contribution in [2.45, 2.75) is 0 Å². The molecule has 0 saturated heterocycles. The SMILES string of the molecule is c1ccc(-n2c3ccccc3c3c4cccc(-c5ccc6sc7ccc(-n8c9ccccc9c9ccccc98)cc7c6c5)c4oc32)cc1. The Morgan fingerprint density at radius 1 is 0.417 bits per heavy atom. The van der Waals surface area contributed by atoms with Crippen molar-refractivity contribution in [1.29, 1.82) is 0 Å². The Hall–Kier alpha value is -6.10. The second-order valence-corrected chi connectivity index (χ2v) is 13.6. The molecular weight excluding hydrogens is 605 g/mol. The lowest BCUT2D eigenvalue weighted by atomic mass is 10.00. The first-order valence-corrected chi connectivity index (χ1v) is 17.1. The van der Waals surface area contributed by atoms with Crippen LogP contribution in [0.4, 0.5) is 0 Å². The number of aromatic nitrogens is 2. The van der Waals surface area contributed by atoms with Crippen molar-refractivity contribution in [2.75, 3.05) is 0 Å².